The summed E-state index contributed by atoms with van der Waals surface area (Å²) < 4.78 is 0. The second-order valence-electron chi connectivity index (χ2n) is 5.83. The van der Waals surface area contributed by atoms with E-state index in [-0.39, 0.29) is 6.04 Å². The maximum absolute atomic E-state index is 6.17. The van der Waals surface area contributed by atoms with Crippen molar-refractivity contribution in [1.29, 1.82) is 0 Å². The topological polar surface area (TPSA) is 29.0 Å². The van der Waals surface area contributed by atoms with Crippen LogP contribution in [0.3, 0.4) is 0 Å². The molecule has 0 saturated heterocycles. The van der Waals surface area contributed by atoms with Crippen molar-refractivity contribution in [2.45, 2.75) is 46.2 Å². The molecule has 6 heteroatoms. The van der Waals surface area contributed by atoms with Crippen LogP contribution in [0, 0.1) is 6.92 Å². The first-order chi connectivity index (χ1) is 10.3. The molecule has 0 aliphatic carbocycles. The molecule has 2 rings (SSSR count). The number of aromatic nitrogens is 2. The Morgan fingerprint density at radius 3 is 2.41 bits per heavy atom. The number of aryl methyl sites for hydroxylation is 1. The minimum atomic E-state index is 0.275. The van der Waals surface area contributed by atoms with E-state index in [2.05, 4.69) is 49.6 Å². The second-order valence-corrected chi connectivity index (χ2v) is 7.64. The molecule has 0 amide bonds. The fraction of sp³-hybridized carbons (Fsp3) is 0.500. The summed E-state index contributed by atoms with van der Waals surface area (Å²) in [6.07, 6.45) is 0. The van der Waals surface area contributed by atoms with Gasteiger partial charge in [-0.1, -0.05) is 43.1 Å². The van der Waals surface area contributed by atoms with E-state index in [1.165, 1.54) is 9.88 Å². The van der Waals surface area contributed by atoms with Gasteiger partial charge in [0, 0.05) is 28.9 Å². The highest BCUT2D eigenvalue weighted by Crippen LogP contribution is 2.32. The maximum atomic E-state index is 6.17. The number of hydrogen-bond acceptors (Lipinski definition) is 4. The highest BCUT2D eigenvalue weighted by Gasteiger charge is 2.20. The molecular formula is C16H21Cl2N3S. The van der Waals surface area contributed by atoms with Crippen molar-refractivity contribution in [3.63, 3.8) is 0 Å². The first-order valence-electron chi connectivity index (χ1n) is 7.28. The van der Waals surface area contributed by atoms with E-state index in [0.717, 1.165) is 17.8 Å². The summed E-state index contributed by atoms with van der Waals surface area (Å²) in [5.74, 6) is 0.463. The van der Waals surface area contributed by atoms with Crippen molar-refractivity contribution < 1.29 is 0 Å². The fourth-order valence-electron chi connectivity index (χ4n) is 2.23. The quantitative estimate of drug-likeness (QED) is 0.664. The Morgan fingerprint density at radius 1 is 1.18 bits per heavy atom. The van der Waals surface area contributed by atoms with Crippen molar-refractivity contribution in [3.05, 3.63) is 43.6 Å². The zero-order valence-electron chi connectivity index (χ0n) is 13.5. The van der Waals surface area contributed by atoms with Crippen molar-refractivity contribution >= 4 is 34.5 Å². The van der Waals surface area contributed by atoms with Crippen molar-refractivity contribution in [2.24, 2.45) is 0 Å². The highest BCUT2D eigenvalue weighted by molar-refractivity contribution is 7.11. The molecular weight excluding hydrogens is 337 g/mol. The molecule has 2 heterocycles. The number of hydrogen-bond donors (Lipinski definition) is 0. The summed E-state index contributed by atoms with van der Waals surface area (Å²) in [7, 11) is 2.09. The number of halogens is 2. The largest absolute Gasteiger partial charge is 0.294 e. The van der Waals surface area contributed by atoms with Gasteiger partial charge in [0.25, 0.3) is 0 Å². The zero-order valence-corrected chi connectivity index (χ0v) is 15.9. The van der Waals surface area contributed by atoms with Crippen molar-refractivity contribution in [3.8, 4) is 0 Å². The SMILES string of the molecule is Cc1nc(C(C)C)sc1[C@H](C)N(C)Cc1ccc(Cl)nc1Cl. The van der Waals surface area contributed by atoms with Crippen LogP contribution < -0.4 is 0 Å². The molecule has 2 aromatic heterocycles. The number of rotatable bonds is 5. The molecule has 2 aromatic rings. The van der Waals surface area contributed by atoms with Gasteiger partial charge in [0.2, 0.25) is 0 Å². The summed E-state index contributed by atoms with van der Waals surface area (Å²) in [6.45, 7) is 9.35. The third-order valence-electron chi connectivity index (χ3n) is 3.70. The smallest absolute Gasteiger partial charge is 0.135 e. The summed E-state index contributed by atoms with van der Waals surface area (Å²) in [6, 6.07) is 3.98. The minimum absolute atomic E-state index is 0.275. The number of nitrogens with zero attached hydrogens (tertiary/aromatic N) is 3. The molecule has 0 fully saturated rings. The van der Waals surface area contributed by atoms with Crippen LogP contribution in [0.25, 0.3) is 0 Å². The van der Waals surface area contributed by atoms with Crippen LogP contribution in [0.2, 0.25) is 10.3 Å². The van der Waals surface area contributed by atoms with Gasteiger partial charge < -0.3 is 0 Å². The van der Waals surface area contributed by atoms with Gasteiger partial charge in [0.1, 0.15) is 10.3 Å². The molecule has 0 aliphatic heterocycles. The molecule has 120 valence electrons. The van der Waals surface area contributed by atoms with Gasteiger partial charge in [-0.2, -0.15) is 0 Å². The van der Waals surface area contributed by atoms with Gasteiger partial charge in [-0.15, -0.1) is 11.3 Å². The molecule has 0 N–H and O–H groups in total. The van der Waals surface area contributed by atoms with Crippen LogP contribution in [0.1, 0.15) is 53.9 Å². The predicted molar refractivity (Wildman–Crippen MR) is 95.1 cm³/mol. The molecule has 0 radical (unpaired) electrons. The maximum Gasteiger partial charge on any atom is 0.135 e. The van der Waals surface area contributed by atoms with Gasteiger partial charge in [0.15, 0.2) is 0 Å². The van der Waals surface area contributed by atoms with E-state index in [0.29, 0.717) is 16.2 Å². The van der Waals surface area contributed by atoms with E-state index in [1.807, 2.05) is 6.07 Å². The lowest BCUT2D eigenvalue weighted by Gasteiger charge is -2.24. The predicted octanol–water partition coefficient (Wildman–Crippen LogP) is 5.47. The molecule has 0 aliphatic rings. The van der Waals surface area contributed by atoms with E-state index in [4.69, 9.17) is 23.2 Å². The molecule has 0 aromatic carbocycles. The molecule has 1 atom stereocenters. The lowest BCUT2D eigenvalue weighted by Crippen LogP contribution is -2.22. The lowest BCUT2D eigenvalue weighted by molar-refractivity contribution is 0.255. The Labute approximate surface area is 146 Å². The van der Waals surface area contributed by atoms with Gasteiger partial charge in [0.05, 0.1) is 10.7 Å². The van der Waals surface area contributed by atoms with E-state index >= 15 is 0 Å². The van der Waals surface area contributed by atoms with Crippen LogP contribution >= 0.6 is 34.5 Å². The average molecular weight is 358 g/mol. The molecule has 0 unspecified atom stereocenters. The summed E-state index contributed by atoms with van der Waals surface area (Å²) in [5, 5.41) is 2.08. The normalized spacial score (nSPS) is 13.1. The summed E-state index contributed by atoms with van der Waals surface area (Å²) in [4.78, 5) is 12.3. The third kappa shape index (κ3) is 3.99. The van der Waals surface area contributed by atoms with Crippen LogP contribution in [-0.2, 0) is 6.54 Å². The zero-order chi connectivity index (χ0) is 16.4. The Kier molecular flexibility index (Phi) is 5.83. The van der Waals surface area contributed by atoms with Gasteiger partial charge in [-0.25, -0.2) is 9.97 Å². The molecule has 3 nitrogen and oxygen atoms in total. The van der Waals surface area contributed by atoms with Crippen LogP contribution in [0.5, 0.6) is 0 Å². The van der Waals surface area contributed by atoms with Gasteiger partial charge >= 0.3 is 0 Å². The molecule has 0 bridgehead atoms. The first kappa shape index (κ1) is 17.7. The molecule has 0 spiro atoms. The minimum Gasteiger partial charge on any atom is -0.294 e. The first-order valence-corrected chi connectivity index (χ1v) is 8.85. The Morgan fingerprint density at radius 2 is 1.86 bits per heavy atom. The van der Waals surface area contributed by atoms with Crippen molar-refractivity contribution in [1.82, 2.24) is 14.9 Å². The third-order valence-corrected chi connectivity index (χ3v) is 5.86. The lowest BCUT2D eigenvalue weighted by atomic mass is 10.2. The monoisotopic (exact) mass is 357 g/mol. The van der Waals surface area contributed by atoms with Gasteiger partial charge in [-0.05, 0) is 27.0 Å². The van der Waals surface area contributed by atoms with E-state index in [1.54, 1.807) is 17.4 Å². The fourth-order valence-corrected chi connectivity index (χ4v) is 3.82. The van der Waals surface area contributed by atoms with E-state index < -0.39 is 0 Å². The van der Waals surface area contributed by atoms with Gasteiger partial charge in [-0.3, -0.25) is 4.90 Å². The Hall–Kier alpha value is -0.680. The summed E-state index contributed by atoms with van der Waals surface area (Å²) in [5.41, 5.74) is 2.10. The second kappa shape index (κ2) is 7.26. The number of pyridine rings is 1. The van der Waals surface area contributed by atoms with Crippen LogP contribution in [0.15, 0.2) is 12.1 Å². The standard InChI is InChI=1S/C16H21Cl2N3S/c1-9(2)16-19-10(3)14(22-16)11(4)21(5)8-12-6-7-13(17)20-15(12)18/h6-7,9,11H,8H2,1-5H3/t11-/m0/s1. The van der Waals surface area contributed by atoms with Crippen LogP contribution in [0.4, 0.5) is 0 Å². The van der Waals surface area contributed by atoms with Crippen molar-refractivity contribution in [2.75, 3.05) is 7.05 Å². The molecule has 0 saturated carbocycles. The average Bonchev–Trinajstić information content (AvgIpc) is 2.83. The highest BCUT2D eigenvalue weighted by atomic mass is 35.5. The number of thiazole rings is 1. The summed E-state index contributed by atoms with van der Waals surface area (Å²) >= 11 is 13.8. The van der Waals surface area contributed by atoms with E-state index in [9.17, 15) is 0 Å². The molecule has 22 heavy (non-hydrogen) atoms. The Bertz CT molecular complexity index is 655. The van der Waals surface area contributed by atoms with Crippen LogP contribution in [-0.4, -0.2) is 21.9 Å². The Balaban J connectivity index is 2.16.